The summed E-state index contributed by atoms with van der Waals surface area (Å²) in [6.45, 7) is 6.49. The molecule has 2 atom stereocenters. The van der Waals surface area contributed by atoms with Crippen LogP contribution in [0.2, 0.25) is 0 Å². The first-order valence-corrected chi connectivity index (χ1v) is 5.02. The van der Waals surface area contributed by atoms with Crippen molar-refractivity contribution in [1.29, 1.82) is 0 Å². The SMILES string of the molecule is CC(C)(C)C1=CC2CC(=O)NC2N=C1. The van der Waals surface area contributed by atoms with Gasteiger partial charge < -0.3 is 5.32 Å². The molecule has 0 aromatic heterocycles. The Kier molecular flexibility index (Phi) is 1.98. The summed E-state index contributed by atoms with van der Waals surface area (Å²) in [6.07, 6.45) is 4.66. The smallest absolute Gasteiger partial charge is 0.222 e. The minimum absolute atomic E-state index is 0.00593. The molecule has 1 N–H and O–H groups in total. The van der Waals surface area contributed by atoms with Crippen molar-refractivity contribution in [2.45, 2.75) is 33.4 Å². The van der Waals surface area contributed by atoms with Gasteiger partial charge in [-0.25, -0.2) is 0 Å². The van der Waals surface area contributed by atoms with E-state index >= 15 is 0 Å². The van der Waals surface area contributed by atoms with Crippen LogP contribution in [0.15, 0.2) is 16.6 Å². The van der Waals surface area contributed by atoms with E-state index in [2.05, 4.69) is 37.2 Å². The van der Waals surface area contributed by atoms with E-state index in [4.69, 9.17) is 0 Å². The molecule has 0 aliphatic carbocycles. The zero-order chi connectivity index (χ0) is 10.3. The van der Waals surface area contributed by atoms with Crippen molar-refractivity contribution in [3.63, 3.8) is 0 Å². The average Bonchev–Trinajstić information content (AvgIpc) is 2.41. The molecule has 3 heteroatoms. The summed E-state index contributed by atoms with van der Waals surface area (Å²) in [4.78, 5) is 15.5. The van der Waals surface area contributed by atoms with E-state index in [1.807, 2.05) is 6.21 Å². The summed E-state index contributed by atoms with van der Waals surface area (Å²) in [7, 11) is 0. The highest BCUT2D eigenvalue weighted by Crippen LogP contribution is 2.31. The van der Waals surface area contributed by atoms with Crippen molar-refractivity contribution in [2.75, 3.05) is 0 Å². The number of hydrogen-bond acceptors (Lipinski definition) is 2. The first-order valence-electron chi connectivity index (χ1n) is 5.02. The Labute approximate surface area is 84.3 Å². The van der Waals surface area contributed by atoms with Gasteiger partial charge in [-0.05, 0) is 11.0 Å². The highest BCUT2D eigenvalue weighted by molar-refractivity contribution is 5.85. The lowest BCUT2D eigenvalue weighted by molar-refractivity contribution is -0.119. The number of amides is 1. The van der Waals surface area contributed by atoms with Gasteiger partial charge in [0.2, 0.25) is 5.91 Å². The van der Waals surface area contributed by atoms with Crippen molar-refractivity contribution >= 4 is 12.1 Å². The van der Waals surface area contributed by atoms with E-state index < -0.39 is 0 Å². The second-order valence-corrected chi connectivity index (χ2v) is 5.03. The Morgan fingerprint density at radius 1 is 1.50 bits per heavy atom. The van der Waals surface area contributed by atoms with Gasteiger partial charge in [0.25, 0.3) is 0 Å². The lowest BCUT2D eigenvalue weighted by atomic mass is 9.83. The molecule has 76 valence electrons. The third-order valence-electron chi connectivity index (χ3n) is 2.77. The number of nitrogens with one attached hydrogen (secondary N) is 1. The number of allylic oxidation sites excluding steroid dienone is 1. The molecule has 0 aromatic carbocycles. The molecular formula is C11H16N2O. The van der Waals surface area contributed by atoms with Crippen molar-refractivity contribution in [2.24, 2.45) is 16.3 Å². The number of dihydropyridines is 1. The van der Waals surface area contributed by atoms with Gasteiger partial charge >= 0.3 is 0 Å². The number of fused-ring (bicyclic) bond motifs is 1. The highest BCUT2D eigenvalue weighted by Gasteiger charge is 2.33. The summed E-state index contributed by atoms with van der Waals surface area (Å²) < 4.78 is 0. The predicted molar refractivity (Wildman–Crippen MR) is 56.1 cm³/mol. The highest BCUT2D eigenvalue weighted by atomic mass is 16.2. The average molecular weight is 192 g/mol. The van der Waals surface area contributed by atoms with Crippen LogP contribution in [-0.4, -0.2) is 18.3 Å². The number of hydrogen-bond donors (Lipinski definition) is 1. The Hall–Kier alpha value is -1.12. The molecule has 0 aromatic rings. The molecule has 14 heavy (non-hydrogen) atoms. The van der Waals surface area contributed by atoms with E-state index in [0.29, 0.717) is 6.42 Å². The topological polar surface area (TPSA) is 41.5 Å². The molecule has 0 radical (unpaired) electrons. The fourth-order valence-corrected chi connectivity index (χ4v) is 1.83. The Bertz CT molecular complexity index is 323. The van der Waals surface area contributed by atoms with Gasteiger partial charge in [0.15, 0.2) is 0 Å². The van der Waals surface area contributed by atoms with Crippen molar-refractivity contribution in [3.8, 4) is 0 Å². The first-order chi connectivity index (χ1) is 6.47. The summed E-state index contributed by atoms with van der Waals surface area (Å²) in [6, 6.07) is 0. The van der Waals surface area contributed by atoms with Crippen molar-refractivity contribution in [1.82, 2.24) is 5.32 Å². The van der Waals surface area contributed by atoms with Gasteiger partial charge in [-0.3, -0.25) is 9.79 Å². The van der Waals surface area contributed by atoms with Gasteiger partial charge in [-0.2, -0.15) is 0 Å². The minimum Gasteiger partial charge on any atom is -0.334 e. The number of rotatable bonds is 0. The molecule has 3 nitrogen and oxygen atoms in total. The standard InChI is InChI=1S/C11H16N2O/c1-11(2,3)8-4-7-5-9(14)13-10(7)12-6-8/h4,6-7,10H,5H2,1-3H3,(H,13,14). The van der Waals surface area contributed by atoms with E-state index in [0.717, 1.165) is 0 Å². The third-order valence-corrected chi connectivity index (χ3v) is 2.77. The molecule has 1 fully saturated rings. The molecule has 2 aliphatic rings. The summed E-state index contributed by atoms with van der Waals surface area (Å²) >= 11 is 0. The molecular weight excluding hydrogens is 176 g/mol. The quantitative estimate of drug-likeness (QED) is 0.621. The minimum atomic E-state index is -0.00593. The van der Waals surface area contributed by atoms with Crippen LogP contribution in [0.3, 0.4) is 0 Å². The Morgan fingerprint density at radius 2 is 2.21 bits per heavy atom. The molecule has 2 unspecified atom stereocenters. The molecule has 2 aliphatic heterocycles. The number of nitrogens with zero attached hydrogens (tertiary/aromatic N) is 1. The van der Waals surface area contributed by atoms with E-state index in [1.54, 1.807) is 0 Å². The summed E-state index contributed by atoms with van der Waals surface area (Å²) in [5.41, 5.74) is 1.36. The molecule has 2 rings (SSSR count). The van der Waals surface area contributed by atoms with Crippen molar-refractivity contribution in [3.05, 3.63) is 11.6 Å². The fourth-order valence-electron chi connectivity index (χ4n) is 1.83. The lowest BCUT2D eigenvalue weighted by Crippen LogP contribution is -2.29. The number of aliphatic imine (C=N–C) groups is 1. The maximum atomic E-state index is 11.2. The third kappa shape index (κ3) is 1.59. The van der Waals surface area contributed by atoms with Gasteiger partial charge in [-0.15, -0.1) is 0 Å². The van der Waals surface area contributed by atoms with Crippen LogP contribution in [0.5, 0.6) is 0 Å². The summed E-state index contributed by atoms with van der Waals surface area (Å²) in [5, 5.41) is 2.85. The second kappa shape index (κ2) is 2.94. The van der Waals surface area contributed by atoms with E-state index in [9.17, 15) is 4.79 Å². The van der Waals surface area contributed by atoms with Gasteiger partial charge in [0, 0.05) is 18.6 Å². The van der Waals surface area contributed by atoms with E-state index in [-0.39, 0.29) is 23.4 Å². The molecule has 2 heterocycles. The zero-order valence-corrected chi connectivity index (χ0v) is 8.87. The molecule has 0 spiro atoms. The molecule has 0 bridgehead atoms. The zero-order valence-electron chi connectivity index (χ0n) is 8.87. The number of carbonyl (C=O) groups excluding carboxylic acids is 1. The van der Waals surface area contributed by atoms with Crippen LogP contribution in [0.4, 0.5) is 0 Å². The van der Waals surface area contributed by atoms with Gasteiger partial charge in [0.1, 0.15) is 6.17 Å². The van der Waals surface area contributed by atoms with Gasteiger partial charge in [0.05, 0.1) is 0 Å². The van der Waals surface area contributed by atoms with Crippen LogP contribution >= 0.6 is 0 Å². The lowest BCUT2D eigenvalue weighted by Gasteiger charge is -2.25. The molecule has 1 amide bonds. The normalized spacial score (nSPS) is 31.1. The van der Waals surface area contributed by atoms with Crippen molar-refractivity contribution < 1.29 is 4.79 Å². The van der Waals surface area contributed by atoms with E-state index in [1.165, 1.54) is 5.57 Å². The molecule has 1 saturated heterocycles. The Balaban J connectivity index is 2.23. The fraction of sp³-hybridized carbons (Fsp3) is 0.636. The maximum absolute atomic E-state index is 11.2. The van der Waals surface area contributed by atoms with Gasteiger partial charge in [-0.1, -0.05) is 26.8 Å². The van der Waals surface area contributed by atoms with Crippen LogP contribution in [0.25, 0.3) is 0 Å². The maximum Gasteiger partial charge on any atom is 0.222 e. The van der Waals surface area contributed by atoms with Crippen LogP contribution in [0, 0.1) is 11.3 Å². The monoisotopic (exact) mass is 192 g/mol. The largest absolute Gasteiger partial charge is 0.334 e. The number of carbonyl (C=O) groups is 1. The van der Waals surface area contributed by atoms with Crippen LogP contribution in [-0.2, 0) is 4.79 Å². The molecule has 0 saturated carbocycles. The predicted octanol–water partition coefficient (Wildman–Crippen LogP) is 1.51. The second-order valence-electron chi connectivity index (χ2n) is 5.03. The van der Waals surface area contributed by atoms with Crippen LogP contribution < -0.4 is 5.32 Å². The van der Waals surface area contributed by atoms with Crippen LogP contribution in [0.1, 0.15) is 27.2 Å². The Morgan fingerprint density at radius 3 is 2.86 bits per heavy atom. The first kappa shape index (κ1) is 9.44. The summed E-state index contributed by atoms with van der Waals surface area (Å²) in [5.74, 6) is 0.380.